The van der Waals surface area contributed by atoms with E-state index in [1.807, 2.05) is 0 Å². The van der Waals surface area contributed by atoms with Gasteiger partial charge >= 0.3 is 0 Å². The first-order valence-corrected chi connectivity index (χ1v) is 7.41. The van der Waals surface area contributed by atoms with Gasteiger partial charge in [-0.05, 0) is 18.4 Å². The number of hydrogen-bond acceptors (Lipinski definition) is 3. The van der Waals surface area contributed by atoms with Crippen molar-refractivity contribution < 1.29 is 4.74 Å². The molecule has 3 nitrogen and oxygen atoms in total. The first-order valence-electron chi connectivity index (χ1n) is 7.41. The first-order chi connectivity index (χ1) is 9.42. The van der Waals surface area contributed by atoms with Crippen LogP contribution in [-0.4, -0.2) is 25.0 Å². The molecule has 1 aromatic carbocycles. The van der Waals surface area contributed by atoms with Crippen LogP contribution in [0.25, 0.3) is 0 Å². The lowest BCUT2D eigenvalue weighted by Gasteiger charge is -2.22. The number of benzene rings is 1. The molecule has 19 heavy (non-hydrogen) atoms. The second kappa shape index (κ2) is 6.20. The maximum absolute atomic E-state index is 5.99. The predicted octanol–water partition coefficient (Wildman–Crippen LogP) is 2.89. The molecule has 1 saturated carbocycles. The van der Waals surface area contributed by atoms with Crippen molar-refractivity contribution in [1.82, 2.24) is 5.32 Å². The zero-order valence-electron chi connectivity index (χ0n) is 11.4. The molecule has 0 amide bonds. The van der Waals surface area contributed by atoms with Crippen LogP contribution in [0.1, 0.15) is 43.2 Å². The zero-order valence-corrected chi connectivity index (χ0v) is 11.4. The van der Waals surface area contributed by atoms with Crippen LogP contribution in [0.3, 0.4) is 0 Å². The van der Waals surface area contributed by atoms with E-state index in [0.717, 1.165) is 25.5 Å². The Bertz CT molecular complexity index is 433. The molecule has 0 saturated heterocycles. The topological polar surface area (TPSA) is 33.6 Å². The molecule has 1 aliphatic carbocycles. The third-order valence-corrected chi connectivity index (χ3v) is 3.94. The summed E-state index contributed by atoms with van der Waals surface area (Å²) >= 11 is 0. The molecular formula is C16H22N2O. The second-order valence-electron chi connectivity index (χ2n) is 5.43. The number of rotatable bonds is 4. The number of amidine groups is 1. The van der Waals surface area contributed by atoms with Crippen molar-refractivity contribution in [3.63, 3.8) is 0 Å². The fourth-order valence-corrected chi connectivity index (χ4v) is 2.80. The quantitative estimate of drug-likeness (QED) is 0.901. The molecule has 3 heteroatoms. The van der Waals surface area contributed by atoms with E-state index in [4.69, 9.17) is 4.74 Å². The predicted molar refractivity (Wildman–Crippen MR) is 77.5 cm³/mol. The average Bonchev–Trinajstić information content (AvgIpc) is 3.01. The fourth-order valence-electron chi connectivity index (χ4n) is 2.80. The van der Waals surface area contributed by atoms with E-state index in [1.165, 1.54) is 43.2 Å². The summed E-state index contributed by atoms with van der Waals surface area (Å²) in [5.74, 6) is 1.03. The molecule has 0 bridgehead atoms. The van der Waals surface area contributed by atoms with Gasteiger partial charge in [-0.15, -0.1) is 0 Å². The lowest BCUT2D eigenvalue weighted by atomic mass is 9.98. The molecule has 0 unspecified atom stereocenters. The second-order valence-corrected chi connectivity index (χ2v) is 5.43. The van der Waals surface area contributed by atoms with Gasteiger partial charge in [0.1, 0.15) is 5.84 Å². The number of aliphatic imine (C=N–C) groups is 1. The van der Waals surface area contributed by atoms with Crippen molar-refractivity contribution in [3.8, 4) is 0 Å². The summed E-state index contributed by atoms with van der Waals surface area (Å²) < 4.78 is 5.99. The van der Waals surface area contributed by atoms with Crippen LogP contribution in [-0.2, 0) is 11.3 Å². The number of nitrogens with zero attached hydrogens (tertiary/aromatic N) is 1. The van der Waals surface area contributed by atoms with E-state index >= 15 is 0 Å². The largest absolute Gasteiger partial charge is 0.374 e. The summed E-state index contributed by atoms with van der Waals surface area (Å²) in [4.78, 5) is 4.43. The minimum atomic E-state index is 0.481. The van der Waals surface area contributed by atoms with E-state index in [9.17, 15) is 0 Å². The summed E-state index contributed by atoms with van der Waals surface area (Å²) in [6.45, 7) is 2.59. The van der Waals surface area contributed by atoms with Gasteiger partial charge in [-0.3, -0.25) is 4.99 Å². The molecule has 0 spiro atoms. The Morgan fingerprint density at radius 3 is 2.58 bits per heavy atom. The van der Waals surface area contributed by atoms with Gasteiger partial charge in [0, 0.05) is 12.1 Å². The monoisotopic (exact) mass is 258 g/mol. The van der Waals surface area contributed by atoms with Crippen LogP contribution in [0, 0.1) is 0 Å². The Labute approximate surface area is 115 Å². The minimum Gasteiger partial charge on any atom is -0.374 e. The molecule has 1 fully saturated rings. The van der Waals surface area contributed by atoms with Crippen molar-refractivity contribution in [2.45, 2.75) is 44.8 Å². The van der Waals surface area contributed by atoms with E-state index in [1.54, 1.807) is 0 Å². The molecule has 0 aromatic heterocycles. The summed E-state index contributed by atoms with van der Waals surface area (Å²) in [5.41, 5.74) is 2.44. The van der Waals surface area contributed by atoms with Gasteiger partial charge in [0.05, 0.1) is 19.3 Å². The van der Waals surface area contributed by atoms with Crippen molar-refractivity contribution in [2.24, 2.45) is 4.99 Å². The van der Waals surface area contributed by atoms with E-state index in [-0.39, 0.29) is 0 Å². The molecule has 0 atom stereocenters. The highest BCUT2D eigenvalue weighted by Crippen LogP contribution is 2.21. The Hall–Kier alpha value is -1.35. The third-order valence-electron chi connectivity index (χ3n) is 3.94. The number of hydrogen-bond donors (Lipinski definition) is 1. The lowest BCUT2D eigenvalue weighted by molar-refractivity contribution is 0.0169. The number of nitrogens with one attached hydrogen (secondary N) is 1. The van der Waals surface area contributed by atoms with Gasteiger partial charge in [0.2, 0.25) is 0 Å². The average molecular weight is 258 g/mol. The van der Waals surface area contributed by atoms with Crippen LogP contribution in [0.15, 0.2) is 29.3 Å². The number of ether oxygens (including phenoxy) is 1. The summed E-state index contributed by atoms with van der Waals surface area (Å²) in [6.07, 6.45) is 6.99. The van der Waals surface area contributed by atoms with Crippen LogP contribution in [0.5, 0.6) is 0 Å². The van der Waals surface area contributed by atoms with Crippen molar-refractivity contribution >= 4 is 5.84 Å². The maximum Gasteiger partial charge on any atom is 0.128 e. The lowest BCUT2D eigenvalue weighted by Crippen LogP contribution is -2.19. The summed E-state index contributed by atoms with van der Waals surface area (Å²) in [5, 5.41) is 3.29. The van der Waals surface area contributed by atoms with Gasteiger partial charge in [-0.25, -0.2) is 0 Å². The Morgan fingerprint density at radius 1 is 1.11 bits per heavy atom. The highest BCUT2D eigenvalue weighted by Gasteiger charge is 2.13. The molecule has 3 rings (SSSR count). The SMILES string of the molecule is c1cc(C2=NCCN2)ccc1COC1CCCCC1. The Kier molecular flexibility index (Phi) is 4.13. The highest BCUT2D eigenvalue weighted by molar-refractivity contribution is 5.99. The molecule has 102 valence electrons. The molecular weight excluding hydrogens is 236 g/mol. The van der Waals surface area contributed by atoms with Gasteiger partial charge < -0.3 is 10.1 Å². The van der Waals surface area contributed by atoms with Crippen LogP contribution >= 0.6 is 0 Å². The molecule has 2 aliphatic rings. The van der Waals surface area contributed by atoms with E-state index in [0.29, 0.717) is 6.10 Å². The fraction of sp³-hybridized carbons (Fsp3) is 0.562. The standard InChI is InChI=1S/C16H22N2O/c1-2-4-15(5-3-1)19-12-13-6-8-14(9-7-13)16-17-10-11-18-16/h6-9,15H,1-5,10-12H2,(H,17,18). The van der Waals surface area contributed by atoms with E-state index < -0.39 is 0 Å². The Balaban J connectivity index is 1.53. The van der Waals surface area contributed by atoms with Crippen molar-refractivity contribution in [3.05, 3.63) is 35.4 Å². The molecule has 1 aromatic rings. The normalized spacial score (nSPS) is 20.1. The van der Waals surface area contributed by atoms with Gasteiger partial charge in [0.15, 0.2) is 0 Å². The van der Waals surface area contributed by atoms with E-state index in [2.05, 4.69) is 34.6 Å². The zero-order chi connectivity index (χ0) is 12.9. The first kappa shape index (κ1) is 12.7. The maximum atomic E-state index is 5.99. The van der Waals surface area contributed by atoms with Gasteiger partial charge in [-0.2, -0.15) is 0 Å². The molecule has 0 radical (unpaired) electrons. The molecule has 1 N–H and O–H groups in total. The molecule has 1 aliphatic heterocycles. The van der Waals surface area contributed by atoms with Crippen molar-refractivity contribution in [2.75, 3.05) is 13.1 Å². The van der Waals surface area contributed by atoms with Crippen LogP contribution in [0.4, 0.5) is 0 Å². The van der Waals surface area contributed by atoms with Gasteiger partial charge in [-0.1, -0.05) is 43.5 Å². The van der Waals surface area contributed by atoms with Crippen LogP contribution in [0.2, 0.25) is 0 Å². The minimum absolute atomic E-state index is 0.481. The third kappa shape index (κ3) is 3.35. The van der Waals surface area contributed by atoms with Crippen molar-refractivity contribution in [1.29, 1.82) is 0 Å². The summed E-state index contributed by atoms with van der Waals surface area (Å²) in [6, 6.07) is 8.58. The highest BCUT2D eigenvalue weighted by atomic mass is 16.5. The van der Waals surface area contributed by atoms with Crippen LogP contribution < -0.4 is 5.32 Å². The molecule has 1 heterocycles. The Morgan fingerprint density at radius 2 is 1.89 bits per heavy atom. The smallest absolute Gasteiger partial charge is 0.128 e. The van der Waals surface area contributed by atoms with Gasteiger partial charge in [0.25, 0.3) is 0 Å². The summed E-state index contributed by atoms with van der Waals surface area (Å²) in [7, 11) is 0.